The first-order chi connectivity index (χ1) is 14.2. The smallest absolute Gasteiger partial charge is 0.169 e. The number of hydrogen-bond donors (Lipinski definition) is 2. The van der Waals surface area contributed by atoms with E-state index in [0.29, 0.717) is 12.3 Å². The fourth-order valence-corrected chi connectivity index (χ4v) is 3.91. The molecule has 3 aliphatic rings. The first kappa shape index (κ1) is 21.5. The minimum Gasteiger partial charge on any atom is -0.423 e. The van der Waals surface area contributed by atoms with Crippen LogP contribution >= 0.6 is 12.0 Å². The first-order valence-electron chi connectivity index (χ1n) is 10.1. The predicted molar refractivity (Wildman–Crippen MR) is 120 cm³/mol. The Bertz CT molecular complexity index is 786. The Labute approximate surface area is 177 Å². The molecule has 4 nitrogen and oxygen atoms in total. The van der Waals surface area contributed by atoms with Crippen LogP contribution in [0.15, 0.2) is 83.5 Å². The third-order valence-corrected chi connectivity index (χ3v) is 5.44. The Morgan fingerprint density at radius 1 is 1.17 bits per heavy atom. The van der Waals surface area contributed by atoms with Gasteiger partial charge in [-0.1, -0.05) is 18.2 Å². The minimum absolute atomic E-state index is 0.281. The molecule has 0 bridgehead atoms. The van der Waals surface area contributed by atoms with Crippen LogP contribution in [0.1, 0.15) is 25.7 Å². The molecular weight excluding hydrogens is 385 g/mol. The predicted octanol–water partition coefficient (Wildman–Crippen LogP) is 5.07. The van der Waals surface area contributed by atoms with Gasteiger partial charge < -0.3 is 19.7 Å². The van der Waals surface area contributed by atoms with Crippen LogP contribution in [0.5, 0.6) is 0 Å². The number of nitrogens with one attached hydrogen (secondary N) is 2. The van der Waals surface area contributed by atoms with Gasteiger partial charge in [0.2, 0.25) is 0 Å². The second-order valence-corrected chi connectivity index (χ2v) is 7.81. The van der Waals surface area contributed by atoms with Gasteiger partial charge in [0.05, 0.1) is 12.0 Å². The van der Waals surface area contributed by atoms with Crippen molar-refractivity contribution in [2.24, 2.45) is 5.92 Å². The molecular formula is C23H30FN3OS. The Balaban J connectivity index is 1.73. The van der Waals surface area contributed by atoms with E-state index in [9.17, 15) is 4.39 Å². The second-order valence-electron chi connectivity index (χ2n) is 7.31. The van der Waals surface area contributed by atoms with Crippen LogP contribution in [0.2, 0.25) is 0 Å². The number of allylic oxidation sites excluding steroid dienone is 9. The van der Waals surface area contributed by atoms with Crippen LogP contribution in [0.3, 0.4) is 0 Å². The average molecular weight is 416 g/mol. The van der Waals surface area contributed by atoms with E-state index in [2.05, 4.69) is 59.3 Å². The molecule has 0 spiro atoms. The lowest BCUT2D eigenvalue weighted by atomic mass is 9.90. The molecule has 2 heterocycles. The van der Waals surface area contributed by atoms with Gasteiger partial charge in [0.15, 0.2) is 11.6 Å². The molecule has 0 aromatic heterocycles. The van der Waals surface area contributed by atoms with Crippen molar-refractivity contribution in [3.63, 3.8) is 0 Å². The zero-order valence-electron chi connectivity index (χ0n) is 17.2. The van der Waals surface area contributed by atoms with Crippen molar-refractivity contribution in [2.45, 2.75) is 25.7 Å². The van der Waals surface area contributed by atoms with Crippen LogP contribution < -0.4 is 10.6 Å². The molecule has 0 radical (unpaired) electrons. The summed E-state index contributed by atoms with van der Waals surface area (Å²) in [6, 6.07) is 0. The highest BCUT2D eigenvalue weighted by Gasteiger charge is 2.16. The Kier molecular flexibility index (Phi) is 8.25. The molecule has 1 aliphatic carbocycles. The maximum absolute atomic E-state index is 14.1. The van der Waals surface area contributed by atoms with Crippen molar-refractivity contribution in [2.75, 3.05) is 26.4 Å². The topological polar surface area (TPSA) is 36.5 Å². The molecule has 1 saturated heterocycles. The zero-order chi connectivity index (χ0) is 20.5. The number of halogens is 1. The Hall–Kier alpha value is -2.18. The third-order valence-electron chi connectivity index (χ3n) is 5.10. The summed E-state index contributed by atoms with van der Waals surface area (Å²) >= 11 is 1.14. The highest BCUT2D eigenvalue weighted by Crippen LogP contribution is 2.25. The molecule has 0 atom stereocenters. The normalized spacial score (nSPS) is 27.1. The van der Waals surface area contributed by atoms with Gasteiger partial charge in [0.25, 0.3) is 0 Å². The second kappa shape index (κ2) is 11.1. The lowest BCUT2D eigenvalue weighted by Gasteiger charge is -2.25. The largest absolute Gasteiger partial charge is 0.423 e. The SMILES string of the molecule is CSOC1=CCC(N/C2=C/C=C/C(C3CCNCC3)=C\N(C)/C=C/C2)=CC=C1F. The van der Waals surface area contributed by atoms with E-state index in [0.717, 1.165) is 42.9 Å². The molecule has 6 heteroatoms. The fraction of sp³-hybridized carbons (Fsp3) is 0.391. The number of hydrogen-bond acceptors (Lipinski definition) is 5. The molecule has 156 valence electrons. The molecule has 2 N–H and O–H groups in total. The van der Waals surface area contributed by atoms with Gasteiger partial charge in [-0.2, -0.15) is 0 Å². The number of rotatable bonds is 5. The summed E-state index contributed by atoms with van der Waals surface area (Å²) in [5, 5.41) is 6.89. The fourth-order valence-electron chi connectivity index (χ4n) is 3.59. The summed E-state index contributed by atoms with van der Waals surface area (Å²) in [7, 11) is 2.07. The van der Waals surface area contributed by atoms with E-state index >= 15 is 0 Å². The van der Waals surface area contributed by atoms with Gasteiger partial charge in [0, 0.05) is 43.7 Å². The summed E-state index contributed by atoms with van der Waals surface area (Å²) in [5.41, 5.74) is 3.37. The van der Waals surface area contributed by atoms with E-state index in [1.807, 2.05) is 0 Å². The van der Waals surface area contributed by atoms with E-state index in [4.69, 9.17) is 4.18 Å². The van der Waals surface area contributed by atoms with Crippen LogP contribution in [0.25, 0.3) is 0 Å². The zero-order valence-corrected chi connectivity index (χ0v) is 18.0. The van der Waals surface area contributed by atoms with Gasteiger partial charge in [0.1, 0.15) is 0 Å². The van der Waals surface area contributed by atoms with E-state index < -0.39 is 0 Å². The van der Waals surface area contributed by atoms with Gasteiger partial charge in [-0.05, 0) is 67.9 Å². The van der Waals surface area contributed by atoms with Crippen LogP contribution in [0.4, 0.5) is 4.39 Å². The van der Waals surface area contributed by atoms with Crippen molar-refractivity contribution < 1.29 is 8.57 Å². The summed E-state index contributed by atoms with van der Waals surface area (Å²) < 4.78 is 19.3. The van der Waals surface area contributed by atoms with Crippen molar-refractivity contribution in [3.05, 3.63) is 83.5 Å². The molecule has 2 aliphatic heterocycles. The van der Waals surface area contributed by atoms with Gasteiger partial charge in [-0.3, -0.25) is 0 Å². The molecule has 29 heavy (non-hydrogen) atoms. The highest BCUT2D eigenvalue weighted by molar-refractivity contribution is 7.94. The lowest BCUT2D eigenvalue weighted by Crippen LogP contribution is -2.28. The van der Waals surface area contributed by atoms with Crippen molar-refractivity contribution >= 4 is 12.0 Å². The Morgan fingerprint density at radius 2 is 1.97 bits per heavy atom. The van der Waals surface area contributed by atoms with Crippen LogP contribution in [0, 0.1) is 5.92 Å². The molecule has 0 aromatic rings. The standard InChI is InChI=1S/C23H30FN3OS/c1-27-16-4-7-20(6-3-5-19(17-27)18-12-14-25-15-13-18)26-21-8-10-22(24)23(11-9-21)28-29-2/h3-6,8,10-11,16-18,25-26H,7,9,12-15H2,1-2H3/b5-3+,16-4+,19-17+,20-6+. The van der Waals surface area contributed by atoms with Crippen molar-refractivity contribution in [1.82, 2.24) is 15.5 Å². The van der Waals surface area contributed by atoms with Crippen LogP contribution in [-0.4, -0.2) is 31.3 Å². The lowest BCUT2D eigenvalue weighted by molar-refractivity contribution is 0.419. The number of piperidine rings is 1. The first-order valence-corrected chi connectivity index (χ1v) is 11.2. The van der Waals surface area contributed by atoms with Crippen molar-refractivity contribution in [3.8, 4) is 0 Å². The monoisotopic (exact) mass is 415 g/mol. The summed E-state index contributed by atoms with van der Waals surface area (Å²) in [6.45, 7) is 2.15. The highest BCUT2D eigenvalue weighted by atomic mass is 32.2. The van der Waals surface area contributed by atoms with E-state index in [-0.39, 0.29) is 11.6 Å². The molecule has 0 saturated carbocycles. The minimum atomic E-state index is -0.353. The maximum atomic E-state index is 14.1. The summed E-state index contributed by atoms with van der Waals surface area (Å²) in [4.78, 5) is 2.13. The number of nitrogens with zero attached hydrogens (tertiary/aromatic N) is 1. The average Bonchev–Trinajstić information content (AvgIpc) is 2.90. The van der Waals surface area contributed by atoms with Crippen LogP contribution in [-0.2, 0) is 4.18 Å². The maximum Gasteiger partial charge on any atom is 0.169 e. The summed E-state index contributed by atoms with van der Waals surface area (Å²) in [5.74, 6) is 0.517. The molecule has 0 unspecified atom stereocenters. The molecule has 0 aromatic carbocycles. The molecule has 0 amide bonds. The quantitative estimate of drug-likeness (QED) is 0.613. The van der Waals surface area contributed by atoms with E-state index in [1.165, 1.54) is 24.5 Å². The third kappa shape index (κ3) is 6.68. The summed E-state index contributed by atoms with van der Waals surface area (Å²) in [6.07, 6.45) is 23.4. The van der Waals surface area contributed by atoms with E-state index in [1.54, 1.807) is 18.4 Å². The Morgan fingerprint density at radius 3 is 2.76 bits per heavy atom. The van der Waals surface area contributed by atoms with Gasteiger partial charge >= 0.3 is 0 Å². The van der Waals surface area contributed by atoms with Gasteiger partial charge in [-0.25, -0.2) is 4.39 Å². The molecule has 3 rings (SSSR count). The van der Waals surface area contributed by atoms with Gasteiger partial charge in [-0.15, -0.1) is 0 Å². The molecule has 1 fully saturated rings. The van der Waals surface area contributed by atoms with Crippen molar-refractivity contribution in [1.29, 1.82) is 0 Å².